The van der Waals surface area contributed by atoms with Crippen molar-refractivity contribution in [2.45, 2.75) is 63.9 Å². The SMILES string of the molecule is Cc1ccc(NC2CN(P(=O)(O)O)C2)cc1C(=O)N[C@H](C)c1cccc(-c2ccc(CN[C@H]3CC[C@@H](O)C3)s2)c1. The van der Waals surface area contributed by atoms with Gasteiger partial charge in [0.2, 0.25) is 0 Å². The van der Waals surface area contributed by atoms with Gasteiger partial charge in [0.15, 0.2) is 0 Å². The first kappa shape index (κ1) is 29.0. The normalized spacial score (nSPS) is 20.7. The highest BCUT2D eigenvalue weighted by Crippen LogP contribution is 2.44. The topological polar surface area (TPSA) is 134 Å². The summed E-state index contributed by atoms with van der Waals surface area (Å²) in [6.45, 7) is 5.16. The summed E-state index contributed by atoms with van der Waals surface area (Å²) < 4.78 is 12.5. The molecule has 6 N–H and O–H groups in total. The smallest absolute Gasteiger partial charge is 0.393 e. The molecule has 1 saturated carbocycles. The number of anilines is 1. The highest BCUT2D eigenvalue weighted by molar-refractivity contribution is 7.49. The number of hydrogen-bond donors (Lipinski definition) is 6. The van der Waals surface area contributed by atoms with Crippen molar-refractivity contribution >= 4 is 30.7 Å². The van der Waals surface area contributed by atoms with Crippen LogP contribution in [0.1, 0.15) is 58.6 Å². The average molecular weight is 585 g/mol. The minimum atomic E-state index is -4.20. The van der Waals surface area contributed by atoms with Crippen LogP contribution in [0, 0.1) is 6.92 Å². The highest BCUT2D eigenvalue weighted by atomic mass is 32.1. The van der Waals surface area contributed by atoms with Crippen LogP contribution < -0.4 is 16.0 Å². The summed E-state index contributed by atoms with van der Waals surface area (Å²) in [4.78, 5) is 34.2. The number of carbonyl (C=O) groups is 1. The van der Waals surface area contributed by atoms with Crippen molar-refractivity contribution in [3.8, 4) is 10.4 Å². The zero-order chi connectivity index (χ0) is 28.4. The molecule has 1 aliphatic heterocycles. The maximum absolute atomic E-state index is 13.2. The van der Waals surface area contributed by atoms with Crippen LogP contribution in [0.5, 0.6) is 0 Å². The largest absolute Gasteiger partial charge is 0.403 e. The van der Waals surface area contributed by atoms with Crippen LogP contribution in [-0.4, -0.2) is 56.7 Å². The number of nitrogens with zero attached hydrogens (tertiary/aromatic N) is 1. The predicted octanol–water partition coefficient (Wildman–Crippen LogP) is 4.41. The summed E-state index contributed by atoms with van der Waals surface area (Å²) in [5.74, 6) is -0.175. The average Bonchev–Trinajstić information content (AvgIpc) is 3.53. The zero-order valence-electron chi connectivity index (χ0n) is 22.7. The van der Waals surface area contributed by atoms with Crippen LogP contribution in [-0.2, 0) is 11.1 Å². The molecule has 3 atom stereocenters. The maximum Gasteiger partial charge on any atom is 0.403 e. The van der Waals surface area contributed by atoms with Crippen molar-refractivity contribution < 1.29 is 24.3 Å². The molecule has 1 aromatic heterocycles. The van der Waals surface area contributed by atoms with Gasteiger partial charge >= 0.3 is 7.75 Å². The molecule has 0 spiro atoms. The van der Waals surface area contributed by atoms with Crippen LogP contribution in [0.25, 0.3) is 10.4 Å². The van der Waals surface area contributed by atoms with Gasteiger partial charge in [0.25, 0.3) is 5.91 Å². The van der Waals surface area contributed by atoms with Crippen molar-refractivity contribution in [3.63, 3.8) is 0 Å². The lowest BCUT2D eigenvalue weighted by atomic mass is 10.0. The number of nitrogens with one attached hydrogen (secondary N) is 3. The van der Waals surface area contributed by atoms with Gasteiger partial charge in [0, 0.05) is 46.7 Å². The Bertz CT molecular complexity index is 1400. The predicted molar refractivity (Wildman–Crippen MR) is 158 cm³/mol. The molecule has 0 bridgehead atoms. The van der Waals surface area contributed by atoms with Crippen LogP contribution in [0.2, 0.25) is 0 Å². The molecule has 2 aromatic carbocycles. The molecule has 1 aliphatic carbocycles. The molecule has 5 rings (SSSR count). The number of carbonyl (C=O) groups excluding carboxylic acids is 1. The summed E-state index contributed by atoms with van der Waals surface area (Å²) in [5.41, 5.74) is 4.27. The number of hydrogen-bond acceptors (Lipinski definition) is 6. The molecule has 40 heavy (non-hydrogen) atoms. The van der Waals surface area contributed by atoms with Gasteiger partial charge in [-0.05, 0) is 80.1 Å². The molecule has 1 saturated heterocycles. The monoisotopic (exact) mass is 584 g/mol. The van der Waals surface area contributed by atoms with Crippen molar-refractivity contribution in [1.29, 1.82) is 0 Å². The Kier molecular flexibility index (Phi) is 8.78. The number of rotatable bonds is 10. The van der Waals surface area contributed by atoms with E-state index in [-0.39, 0.29) is 37.2 Å². The molecule has 0 unspecified atom stereocenters. The molecular formula is C29H37N4O5PS. The van der Waals surface area contributed by atoms with Gasteiger partial charge in [-0.3, -0.25) is 4.79 Å². The van der Waals surface area contributed by atoms with E-state index < -0.39 is 7.75 Å². The Morgan fingerprint density at radius 1 is 1.10 bits per heavy atom. The fourth-order valence-corrected chi connectivity index (χ4v) is 7.06. The van der Waals surface area contributed by atoms with Crippen molar-refractivity contribution in [2.75, 3.05) is 18.4 Å². The van der Waals surface area contributed by atoms with E-state index in [0.29, 0.717) is 11.6 Å². The molecule has 2 aliphatic rings. The van der Waals surface area contributed by atoms with E-state index in [0.717, 1.165) is 52.9 Å². The minimum Gasteiger partial charge on any atom is -0.393 e. The summed E-state index contributed by atoms with van der Waals surface area (Å²) in [5, 5.41) is 19.7. The summed E-state index contributed by atoms with van der Waals surface area (Å²) in [6.07, 6.45) is 2.54. The van der Waals surface area contributed by atoms with Gasteiger partial charge in [0.1, 0.15) is 0 Å². The minimum absolute atomic E-state index is 0.0861. The van der Waals surface area contributed by atoms with Gasteiger partial charge in [-0.25, -0.2) is 9.24 Å². The molecule has 9 nitrogen and oxygen atoms in total. The molecule has 1 amide bonds. The van der Waals surface area contributed by atoms with Gasteiger partial charge < -0.3 is 30.8 Å². The Hall–Kier alpha value is -2.56. The molecule has 11 heteroatoms. The van der Waals surface area contributed by atoms with Crippen LogP contribution in [0.3, 0.4) is 0 Å². The van der Waals surface area contributed by atoms with Crippen LogP contribution in [0.15, 0.2) is 54.6 Å². The Morgan fingerprint density at radius 2 is 1.90 bits per heavy atom. The molecule has 214 valence electrons. The lowest BCUT2D eigenvalue weighted by Crippen LogP contribution is -2.52. The van der Waals surface area contributed by atoms with Gasteiger partial charge in [-0.1, -0.05) is 24.3 Å². The van der Waals surface area contributed by atoms with E-state index in [4.69, 9.17) is 0 Å². The molecule has 3 aromatic rings. The third-order valence-corrected chi connectivity index (χ3v) is 9.93. The van der Waals surface area contributed by atoms with E-state index in [2.05, 4.69) is 40.2 Å². The second-order valence-electron chi connectivity index (χ2n) is 10.9. The van der Waals surface area contributed by atoms with Crippen molar-refractivity contribution in [1.82, 2.24) is 15.3 Å². The number of benzene rings is 2. The second kappa shape index (κ2) is 12.1. The number of aliphatic hydroxyl groups is 1. The first-order chi connectivity index (χ1) is 19.0. The Morgan fingerprint density at radius 3 is 2.62 bits per heavy atom. The van der Waals surface area contributed by atoms with Crippen LogP contribution >= 0.6 is 19.1 Å². The van der Waals surface area contributed by atoms with E-state index >= 15 is 0 Å². The number of thiophene rings is 1. The Labute approximate surface area is 238 Å². The van der Waals surface area contributed by atoms with Gasteiger partial charge in [0.05, 0.1) is 18.2 Å². The summed E-state index contributed by atoms with van der Waals surface area (Å²) in [6, 6.07) is 18.2. The fraction of sp³-hybridized carbons (Fsp3) is 0.414. The lowest BCUT2D eigenvalue weighted by Gasteiger charge is -2.39. The standard InChI is InChI=1S/C29H37N4O5PS/c1-18-6-7-23(32-24-16-33(17-24)39(36,37)38)14-27(18)29(35)31-19(2)20-4-3-5-21(12-20)28-11-10-26(40-28)15-30-22-8-9-25(34)13-22/h3-7,10-12,14,19,22,24-25,30,32,34H,8-9,13,15-17H2,1-2H3,(H,31,35)(H2,36,37,38)/t19-,22+,25-/m1/s1. The molecule has 2 fully saturated rings. The fourth-order valence-electron chi connectivity index (χ4n) is 5.29. The third kappa shape index (κ3) is 7.01. The molecular weight excluding hydrogens is 547 g/mol. The first-order valence-corrected chi connectivity index (χ1v) is 16.0. The van der Waals surface area contributed by atoms with E-state index in [9.17, 15) is 24.3 Å². The summed E-state index contributed by atoms with van der Waals surface area (Å²) in [7, 11) is -4.20. The quantitative estimate of drug-likeness (QED) is 0.193. The second-order valence-corrected chi connectivity index (χ2v) is 13.6. The van der Waals surface area contributed by atoms with Crippen molar-refractivity contribution in [3.05, 3.63) is 76.2 Å². The number of aryl methyl sites for hydroxylation is 1. The molecule has 0 radical (unpaired) electrons. The van der Waals surface area contributed by atoms with Crippen LogP contribution in [0.4, 0.5) is 5.69 Å². The number of amides is 1. The van der Waals surface area contributed by atoms with E-state index in [1.807, 2.05) is 38.1 Å². The maximum atomic E-state index is 13.2. The van der Waals surface area contributed by atoms with Crippen molar-refractivity contribution in [2.24, 2.45) is 0 Å². The molecule has 2 heterocycles. The van der Waals surface area contributed by atoms with E-state index in [1.54, 1.807) is 17.4 Å². The highest BCUT2D eigenvalue weighted by Gasteiger charge is 2.37. The third-order valence-electron chi connectivity index (χ3n) is 7.73. The Balaban J connectivity index is 1.19. The lowest BCUT2D eigenvalue weighted by molar-refractivity contribution is 0.0939. The summed E-state index contributed by atoms with van der Waals surface area (Å²) >= 11 is 1.75. The number of aliphatic hydroxyl groups excluding tert-OH is 1. The first-order valence-electron chi connectivity index (χ1n) is 13.6. The van der Waals surface area contributed by atoms with Gasteiger partial charge in [-0.15, -0.1) is 11.3 Å². The zero-order valence-corrected chi connectivity index (χ0v) is 24.4. The van der Waals surface area contributed by atoms with E-state index in [1.165, 1.54) is 9.75 Å². The van der Waals surface area contributed by atoms with Gasteiger partial charge in [-0.2, -0.15) is 0 Å².